The lowest BCUT2D eigenvalue weighted by atomic mass is 10.2. The third-order valence-electron chi connectivity index (χ3n) is 3.64. The highest BCUT2D eigenvalue weighted by Gasteiger charge is 2.13. The maximum absolute atomic E-state index is 13.6. The summed E-state index contributed by atoms with van der Waals surface area (Å²) in [6.45, 7) is 4.95. The number of halogens is 2. The Morgan fingerprint density at radius 3 is 2.76 bits per heavy atom. The van der Waals surface area contributed by atoms with Crippen LogP contribution in [0.2, 0.25) is 0 Å². The molecule has 2 nitrogen and oxygen atoms in total. The van der Waals surface area contributed by atoms with Crippen molar-refractivity contribution in [3.05, 3.63) is 51.2 Å². The summed E-state index contributed by atoms with van der Waals surface area (Å²) >= 11 is 7.65. The summed E-state index contributed by atoms with van der Waals surface area (Å²) < 4.78 is 15.6. The lowest BCUT2D eigenvalue weighted by molar-refractivity contribution is 0.628. The molecule has 0 spiro atoms. The summed E-state index contributed by atoms with van der Waals surface area (Å²) in [4.78, 5) is 7.16. The van der Waals surface area contributed by atoms with E-state index in [9.17, 15) is 4.39 Å². The van der Waals surface area contributed by atoms with Gasteiger partial charge >= 0.3 is 0 Å². The van der Waals surface area contributed by atoms with Crippen LogP contribution >= 0.6 is 22.9 Å². The zero-order valence-corrected chi connectivity index (χ0v) is 13.6. The molecule has 2 heterocycles. The normalized spacial score (nSPS) is 11.4. The smallest absolute Gasteiger partial charge is 0.125 e. The first-order valence-electron chi connectivity index (χ1n) is 6.85. The number of thiophene rings is 1. The van der Waals surface area contributed by atoms with Gasteiger partial charge in [0.1, 0.15) is 11.6 Å². The topological polar surface area (TPSA) is 17.8 Å². The molecule has 0 N–H and O–H groups in total. The second kappa shape index (κ2) is 5.78. The quantitative estimate of drug-likeness (QED) is 0.637. The Balaban J connectivity index is 2.09. The van der Waals surface area contributed by atoms with Gasteiger partial charge in [-0.05, 0) is 43.7 Å². The van der Waals surface area contributed by atoms with Crippen molar-refractivity contribution in [1.29, 1.82) is 0 Å². The fourth-order valence-electron chi connectivity index (χ4n) is 2.48. The zero-order valence-electron chi connectivity index (χ0n) is 12.0. The third kappa shape index (κ3) is 2.83. The summed E-state index contributed by atoms with van der Waals surface area (Å²) in [6, 6.07) is 6.91. The third-order valence-corrected chi connectivity index (χ3v) is 4.96. The number of rotatable bonds is 4. The van der Waals surface area contributed by atoms with Crippen molar-refractivity contribution in [3.8, 4) is 0 Å². The van der Waals surface area contributed by atoms with E-state index in [1.54, 1.807) is 23.5 Å². The molecule has 0 atom stereocenters. The molecule has 2 aromatic heterocycles. The molecule has 0 unspecified atom stereocenters. The number of alkyl halides is 1. The second-order valence-electron chi connectivity index (χ2n) is 5.14. The van der Waals surface area contributed by atoms with Gasteiger partial charge in [0.2, 0.25) is 0 Å². The van der Waals surface area contributed by atoms with Gasteiger partial charge < -0.3 is 4.57 Å². The van der Waals surface area contributed by atoms with Crippen molar-refractivity contribution in [2.75, 3.05) is 5.88 Å². The molecule has 0 aliphatic rings. The SMILES string of the molecule is Cc1cc(Cn2c(CCCl)nc3ccc(F)cc32)sc1C. The predicted octanol–water partition coefficient (Wildman–Crippen LogP) is 4.68. The van der Waals surface area contributed by atoms with E-state index in [2.05, 4.69) is 29.5 Å². The Kier molecular flexibility index (Phi) is 4.00. The fraction of sp³-hybridized carbons (Fsp3) is 0.312. The Bertz CT molecular complexity index is 772. The first-order chi connectivity index (χ1) is 10.1. The average Bonchev–Trinajstić information content (AvgIpc) is 2.93. The summed E-state index contributed by atoms with van der Waals surface area (Å²) in [5, 5.41) is 0. The molecule has 0 radical (unpaired) electrons. The summed E-state index contributed by atoms with van der Waals surface area (Å²) in [5.74, 6) is 1.18. The van der Waals surface area contributed by atoms with Crippen molar-refractivity contribution in [2.45, 2.75) is 26.8 Å². The first kappa shape index (κ1) is 14.5. The molecule has 0 saturated carbocycles. The van der Waals surface area contributed by atoms with Crippen LogP contribution in [0.15, 0.2) is 24.3 Å². The number of fused-ring (bicyclic) bond motifs is 1. The largest absolute Gasteiger partial charge is 0.323 e. The highest BCUT2D eigenvalue weighted by molar-refractivity contribution is 7.12. The van der Waals surface area contributed by atoms with Crippen molar-refractivity contribution in [3.63, 3.8) is 0 Å². The van der Waals surface area contributed by atoms with Gasteiger partial charge in [-0.2, -0.15) is 0 Å². The van der Waals surface area contributed by atoms with Crippen LogP contribution < -0.4 is 0 Å². The number of aromatic nitrogens is 2. The molecule has 3 rings (SSSR count). The Morgan fingerprint density at radius 2 is 2.10 bits per heavy atom. The number of hydrogen-bond acceptors (Lipinski definition) is 2. The number of benzene rings is 1. The first-order valence-corrected chi connectivity index (χ1v) is 8.20. The Labute approximate surface area is 132 Å². The Morgan fingerprint density at radius 1 is 1.29 bits per heavy atom. The minimum Gasteiger partial charge on any atom is -0.323 e. The van der Waals surface area contributed by atoms with Gasteiger partial charge in [-0.15, -0.1) is 22.9 Å². The molecule has 0 amide bonds. The predicted molar refractivity (Wildman–Crippen MR) is 87.0 cm³/mol. The van der Waals surface area contributed by atoms with E-state index in [1.165, 1.54) is 21.4 Å². The number of hydrogen-bond donors (Lipinski definition) is 0. The van der Waals surface area contributed by atoms with Gasteiger partial charge in [0.15, 0.2) is 0 Å². The molecule has 110 valence electrons. The van der Waals surface area contributed by atoms with Crippen LogP contribution in [0.4, 0.5) is 4.39 Å². The molecule has 21 heavy (non-hydrogen) atoms. The molecule has 0 aliphatic heterocycles. The molecule has 5 heteroatoms. The van der Waals surface area contributed by atoms with Crippen molar-refractivity contribution in [1.82, 2.24) is 9.55 Å². The van der Waals surface area contributed by atoms with E-state index in [4.69, 9.17) is 11.6 Å². The van der Waals surface area contributed by atoms with Crippen LogP contribution in [-0.2, 0) is 13.0 Å². The maximum Gasteiger partial charge on any atom is 0.125 e. The highest BCUT2D eigenvalue weighted by Crippen LogP contribution is 2.25. The van der Waals surface area contributed by atoms with Crippen molar-refractivity contribution in [2.24, 2.45) is 0 Å². The molecule has 3 aromatic rings. The summed E-state index contributed by atoms with van der Waals surface area (Å²) in [5.41, 5.74) is 2.95. The minimum atomic E-state index is -0.236. The summed E-state index contributed by atoms with van der Waals surface area (Å²) in [6.07, 6.45) is 0.682. The number of nitrogens with zero attached hydrogens (tertiary/aromatic N) is 2. The molecule has 0 bridgehead atoms. The van der Waals surface area contributed by atoms with E-state index in [0.29, 0.717) is 18.8 Å². The minimum absolute atomic E-state index is 0.236. The highest BCUT2D eigenvalue weighted by atomic mass is 35.5. The van der Waals surface area contributed by atoms with Crippen molar-refractivity contribution >= 4 is 34.0 Å². The van der Waals surface area contributed by atoms with Gasteiger partial charge in [-0.25, -0.2) is 9.37 Å². The average molecular weight is 323 g/mol. The standard InChI is InChI=1S/C16H16ClFN2S/c1-10-7-13(21-11(10)2)9-20-15-8-12(18)3-4-14(15)19-16(20)5-6-17/h3-4,7-8H,5-6,9H2,1-2H3. The number of aryl methyl sites for hydroxylation is 3. The zero-order chi connectivity index (χ0) is 15.0. The second-order valence-corrected chi connectivity index (χ2v) is 6.86. The van der Waals surface area contributed by atoms with Crippen molar-refractivity contribution < 1.29 is 4.39 Å². The van der Waals surface area contributed by atoms with Crippen LogP contribution in [0.1, 0.15) is 21.1 Å². The van der Waals surface area contributed by atoms with Gasteiger partial charge in [0.05, 0.1) is 17.6 Å². The molecule has 1 aromatic carbocycles. The van der Waals surface area contributed by atoms with Crippen LogP contribution in [0.25, 0.3) is 11.0 Å². The molecule has 0 saturated heterocycles. The summed E-state index contributed by atoms with van der Waals surface area (Å²) in [7, 11) is 0. The maximum atomic E-state index is 13.6. The van der Waals surface area contributed by atoms with Gasteiger partial charge in [-0.3, -0.25) is 0 Å². The van der Waals surface area contributed by atoms with Crippen LogP contribution in [-0.4, -0.2) is 15.4 Å². The van der Waals surface area contributed by atoms with Gasteiger partial charge in [0.25, 0.3) is 0 Å². The van der Waals surface area contributed by atoms with Crippen LogP contribution in [0, 0.1) is 19.7 Å². The van der Waals surface area contributed by atoms with E-state index in [1.807, 2.05) is 0 Å². The van der Waals surface area contributed by atoms with Crippen LogP contribution in [0.5, 0.6) is 0 Å². The van der Waals surface area contributed by atoms with Gasteiger partial charge in [0, 0.05) is 22.1 Å². The van der Waals surface area contributed by atoms with E-state index in [-0.39, 0.29) is 5.82 Å². The van der Waals surface area contributed by atoms with E-state index in [0.717, 1.165) is 16.9 Å². The molecule has 0 aliphatic carbocycles. The van der Waals surface area contributed by atoms with Gasteiger partial charge in [-0.1, -0.05) is 0 Å². The Hall–Kier alpha value is -1.39. The lowest BCUT2D eigenvalue weighted by Crippen LogP contribution is -2.05. The lowest BCUT2D eigenvalue weighted by Gasteiger charge is -2.07. The molecular weight excluding hydrogens is 307 g/mol. The van der Waals surface area contributed by atoms with E-state index < -0.39 is 0 Å². The monoisotopic (exact) mass is 322 g/mol. The molecular formula is C16H16ClFN2S. The molecule has 0 fully saturated rings. The van der Waals surface area contributed by atoms with E-state index >= 15 is 0 Å². The number of imidazole rings is 1. The van der Waals surface area contributed by atoms with Crippen LogP contribution in [0.3, 0.4) is 0 Å². The fourth-order valence-corrected chi connectivity index (χ4v) is 3.69.